The molecule has 0 aliphatic carbocycles. The third-order valence-corrected chi connectivity index (χ3v) is 5.32. The van der Waals surface area contributed by atoms with Crippen molar-refractivity contribution in [2.45, 2.75) is 39.2 Å². The number of hydrogen-bond donors (Lipinski definition) is 0. The molecule has 2 amide bonds. The number of piperidine rings is 1. The molecule has 0 spiro atoms. The van der Waals surface area contributed by atoms with Crippen LogP contribution >= 0.6 is 0 Å². The first kappa shape index (κ1) is 18.7. The Morgan fingerprint density at radius 3 is 2.58 bits per heavy atom. The van der Waals surface area contributed by atoms with E-state index in [2.05, 4.69) is 11.8 Å². The first-order chi connectivity index (χ1) is 12.5. The predicted octanol–water partition coefficient (Wildman–Crippen LogP) is 2.15. The molecule has 0 unspecified atom stereocenters. The molecule has 1 aromatic heterocycles. The number of amides is 2. The van der Waals surface area contributed by atoms with Crippen molar-refractivity contribution in [3.05, 3.63) is 29.7 Å². The molecule has 6 nitrogen and oxygen atoms in total. The van der Waals surface area contributed by atoms with E-state index in [9.17, 15) is 9.59 Å². The van der Waals surface area contributed by atoms with E-state index >= 15 is 0 Å². The zero-order valence-electron chi connectivity index (χ0n) is 15.8. The first-order valence-electron chi connectivity index (χ1n) is 9.58. The molecule has 0 radical (unpaired) electrons. The fourth-order valence-corrected chi connectivity index (χ4v) is 3.68. The highest BCUT2D eigenvalue weighted by atomic mass is 16.3. The van der Waals surface area contributed by atoms with Crippen LogP contribution in [0.5, 0.6) is 0 Å². The van der Waals surface area contributed by atoms with Crippen molar-refractivity contribution in [3.8, 4) is 0 Å². The second-order valence-electron chi connectivity index (χ2n) is 7.32. The van der Waals surface area contributed by atoms with E-state index in [-0.39, 0.29) is 11.8 Å². The van der Waals surface area contributed by atoms with Crippen LogP contribution in [0.2, 0.25) is 0 Å². The normalized spacial score (nSPS) is 22.2. The van der Waals surface area contributed by atoms with Crippen molar-refractivity contribution < 1.29 is 14.0 Å². The second-order valence-corrected chi connectivity index (χ2v) is 7.32. The maximum absolute atomic E-state index is 12.5. The van der Waals surface area contributed by atoms with E-state index in [4.69, 9.17) is 4.42 Å². The zero-order valence-corrected chi connectivity index (χ0v) is 15.8. The summed E-state index contributed by atoms with van der Waals surface area (Å²) in [4.78, 5) is 30.8. The molecule has 142 valence electrons. The van der Waals surface area contributed by atoms with E-state index < -0.39 is 0 Å². The molecule has 2 fully saturated rings. The van der Waals surface area contributed by atoms with Gasteiger partial charge in [-0.2, -0.15) is 0 Å². The Morgan fingerprint density at radius 1 is 1.15 bits per heavy atom. The number of hydrogen-bond acceptors (Lipinski definition) is 4. The van der Waals surface area contributed by atoms with Crippen molar-refractivity contribution in [1.29, 1.82) is 0 Å². The lowest BCUT2D eigenvalue weighted by atomic mass is 10.0. The van der Waals surface area contributed by atoms with Gasteiger partial charge in [0, 0.05) is 44.8 Å². The quantitative estimate of drug-likeness (QED) is 0.773. The molecular weight excluding hydrogens is 330 g/mol. The average molecular weight is 359 g/mol. The summed E-state index contributed by atoms with van der Waals surface area (Å²) in [5, 5.41) is 0. The van der Waals surface area contributed by atoms with E-state index in [0.29, 0.717) is 31.4 Å². The van der Waals surface area contributed by atoms with Gasteiger partial charge in [0.05, 0.1) is 6.54 Å². The van der Waals surface area contributed by atoms with Gasteiger partial charge in [-0.05, 0) is 51.3 Å². The summed E-state index contributed by atoms with van der Waals surface area (Å²) in [6, 6.07) is 4.09. The van der Waals surface area contributed by atoms with Crippen LogP contribution in [-0.4, -0.2) is 71.8 Å². The highest BCUT2D eigenvalue weighted by Gasteiger charge is 2.26. The van der Waals surface area contributed by atoms with Crippen LogP contribution in [0, 0.1) is 6.92 Å². The molecular formula is C20H29N3O3. The van der Waals surface area contributed by atoms with Gasteiger partial charge in [-0.15, -0.1) is 0 Å². The minimum atomic E-state index is -0.00492. The van der Waals surface area contributed by atoms with Crippen molar-refractivity contribution in [2.75, 3.05) is 39.3 Å². The molecule has 26 heavy (non-hydrogen) atoms. The maximum atomic E-state index is 12.5. The van der Waals surface area contributed by atoms with Gasteiger partial charge < -0.3 is 14.2 Å². The highest BCUT2D eigenvalue weighted by molar-refractivity contribution is 5.91. The molecule has 0 N–H and O–H groups in total. The SMILES string of the molecule is Cc1ccc(/C=C/C(=O)N2CCN(CC(=O)N3CCCC[C@H]3C)CC2)o1. The Hall–Kier alpha value is -2.08. The summed E-state index contributed by atoms with van der Waals surface area (Å²) < 4.78 is 5.44. The van der Waals surface area contributed by atoms with Gasteiger partial charge in [-0.25, -0.2) is 0 Å². The molecule has 0 bridgehead atoms. The summed E-state index contributed by atoms with van der Waals surface area (Å²) in [6.07, 6.45) is 6.71. The fourth-order valence-electron chi connectivity index (χ4n) is 3.68. The number of furan rings is 1. The Morgan fingerprint density at radius 2 is 1.92 bits per heavy atom. The van der Waals surface area contributed by atoms with Crippen molar-refractivity contribution in [2.24, 2.45) is 0 Å². The smallest absolute Gasteiger partial charge is 0.246 e. The molecule has 3 rings (SSSR count). The van der Waals surface area contributed by atoms with Crippen LogP contribution in [0.1, 0.15) is 37.7 Å². The lowest BCUT2D eigenvalue weighted by Gasteiger charge is -2.37. The third-order valence-electron chi connectivity index (χ3n) is 5.32. The van der Waals surface area contributed by atoms with Crippen LogP contribution < -0.4 is 0 Å². The fraction of sp³-hybridized carbons (Fsp3) is 0.600. The van der Waals surface area contributed by atoms with E-state index in [0.717, 1.165) is 38.2 Å². The minimum Gasteiger partial charge on any atom is -0.462 e. The average Bonchev–Trinajstić information content (AvgIpc) is 3.06. The van der Waals surface area contributed by atoms with E-state index in [1.807, 2.05) is 28.9 Å². The Balaban J connectivity index is 1.44. The third kappa shape index (κ3) is 4.75. The van der Waals surface area contributed by atoms with Gasteiger partial charge in [-0.3, -0.25) is 14.5 Å². The van der Waals surface area contributed by atoms with Gasteiger partial charge in [0.25, 0.3) is 0 Å². The van der Waals surface area contributed by atoms with Gasteiger partial charge in [0.2, 0.25) is 11.8 Å². The molecule has 1 atom stereocenters. The molecule has 0 saturated carbocycles. The minimum absolute atomic E-state index is 0.00492. The van der Waals surface area contributed by atoms with Crippen LogP contribution in [0.3, 0.4) is 0 Å². The lowest BCUT2D eigenvalue weighted by Crippen LogP contribution is -2.52. The molecule has 2 saturated heterocycles. The van der Waals surface area contributed by atoms with Crippen LogP contribution in [-0.2, 0) is 9.59 Å². The summed E-state index contributed by atoms with van der Waals surface area (Å²) in [7, 11) is 0. The number of rotatable bonds is 4. The number of aryl methyl sites for hydroxylation is 1. The van der Waals surface area contributed by atoms with Gasteiger partial charge in [0.15, 0.2) is 0 Å². The Bertz CT molecular complexity index is 659. The van der Waals surface area contributed by atoms with Crippen LogP contribution in [0.25, 0.3) is 6.08 Å². The van der Waals surface area contributed by atoms with Crippen molar-refractivity contribution >= 4 is 17.9 Å². The van der Waals surface area contributed by atoms with E-state index in [1.165, 1.54) is 6.42 Å². The van der Waals surface area contributed by atoms with Gasteiger partial charge in [0.1, 0.15) is 11.5 Å². The predicted molar refractivity (Wildman–Crippen MR) is 101 cm³/mol. The van der Waals surface area contributed by atoms with Gasteiger partial charge in [-0.1, -0.05) is 0 Å². The van der Waals surface area contributed by atoms with E-state index in [1.54, 1.807) is 12.2 Å². The monoisotopic (exact) mass is 359 g/mol. The van der Waals surface area contributed by atoms with Crippen molar-refractivity contribution in [1.82, 2.24) is 14.7 Å². The number of carbonyl (C=O) groups is 2. The maximum Gasteiger partial charge on any atom is 0.246 e. The lowest BCUT2D eigenvalue weighted by molar-refractivity contribution is -0.136. The van der Waals surface area contributed by atoms with Gasteiger partial charge >= 0.3 is 0 Å². The van der Waals surface area contributed by atoms with Crippen LogP contribution in [0.4, 0.5) is 0 Å². The molecule has 6 heteroatoms. The topological polar surface area (TPSA) is 57.0 Å². The summed E-state index contributed by atoms with van der Waals surface area (Å²) in [6.45, 7) is 8.17. The number of nitrogens with zero attached hydrogens (tertiary/aromatic N) is 3. The Labute approximate surface area is 155 Å². The number of carbonyl (C=O) groups excluding carboxylic acids is 2. The molecule has 2 aliphatic rings. The zero-order chi connectivity index (χ0) is 18.5. The number of likely N-dealkylation sites (tertiary alicyclic amines) is 1. The molecule has 0 aromatic carbocycles. The Kier molecular flexibility index (Phi) is 6.14. The largest absolute Gasteiger partial charge is 0.462 e. The first-order valence-corrected chi connectivity index (χ1v) is 9.58. The summed E-state index contributed by atoms with van der Waals surface area (Å²) in [5.41, 5.74) is 0. The number of piperazine rings is 1. The summed E-state index contributed by atoms with van der Waals surface area (Å²) in [5.74, 6) is 1.74. The van der Waals surface area contributed by atoms with Crippen molar-refractivity contribution in [3.63, 3.8) is 0 Å². The van der Waals surface area contributed by atoms with Crippen LogP contribution in [0.15, 0.2) is 22.6 Å². The summed E-state index contributed by atoms with van der Waals surface area (Å²) >= 11 is 0. The second kappa shape index (κ2) is 8.54. The molecule has 3 heterocycles. The molecule has 1 aromatic rings. The highest BCUT2D eigenvalue weighted by Crippen LogP contribution is 2.17. The standard InChI is InChI=1S/C20H29N3O3/c1-16-5-3-4-10-23(16)20(25)15-21-11-13-22(14-12-21)19(24)9-8-18-7-6-17(2)26-18/h6-9,16H,3-5,10-15H2,1-2H3/b9-8+/t16-/m1/s1. The molecule has 2 aliphatic heterocycles.